The molecule has 134 valence electrons. The average molecular weight is 356 g/mol. The molecule has 3 rings (SSSR count). The van der Waals surface area contributed by atoms with Crippen LogP contribution in [0.5, 0.6) is 0 Å². The molecule has 0 saturated carbocycles. The smallest absolute Gasteiger partial charge is 0.328 e. The number of pyridine rings is 1. The molecule has 0 radical (unpaired) electrons. The molecule has 1 N–H and O–H groups in total. The molecule has 0 aromatic carbocycles. The van der Waals surface area contributed by atoms with Crippen molar-refractivity contribution in [1.82, 2.24) is 29.6 Å². The van der Waals surface area contributed by atoms with E-state index in [1.54, 1.807) is 31.6 Å². The summed E-state index contributed by atoms with van der Waals surface area (Å²) in [5.41, 5.74) is -0.310. The molecule has 0 unspecified atom stereocenters. The molecule has 10 nitrogen and oxygen atoms in total. The van der Waals surface area contributed by atoms with Crippen molar-refractivity contribution in [3.8, 4) is 11.4 Å². The number of amides is 1. The van der Waals surface area contributed by atoms with Crippen molar-refractivity contribution in [2.24, 2.45) is 0 Å². The number of carbonyl (C=O) groups excluding carboxylic acids is 1. The van der Waals surface area contributed by atoms with E-state index in [1.165, 1.54) is 21.7 Å². The largest absolute Gasteiger partial charge is 0.337 e. The van der Waals surface area contributed by atoms with Crippen LogP contribution in [0.25, 0.3) is 11.4 Å². The highest BCUT2D eigenvalue weighted by molar-refractivity contribution is 5.75. The van der Waals surface area contributed by atoms with Gasteiger partial charge in [-0.15, -0.1) is 0 Å². The lowest BCUT2D eigenvalue weighted by Gasteiger charge is -2.14. The number of nitrogens with one attached hydrogen (secondary N) is 1. The topological polar surface area (TPSA) is 127 Å². The maximum absolute atomic E-state index is 12.2. The standard InChI is InChI=1S/C16H16N6O4/c1-21(14(24)5-8-22-7-4-12(23)18-16(22)25)10-13-19-15(20-26-13)11-3-2-6-17-9-11/h2-4,6-7,9H,5,8,10H2,1H3,(H,18,23,25). The van der Waals surface area contributed by atoms with Crippen LogP contribution in [0.3, 0.4) is 0 Å². The number of hydrogen-bond acceptors (Lipinski definition) is 7. The van der Waals surface area contributed by atoms with Crippen molar-refractivity contribution in [3.63, 3.8) is 0 Å². The summed E-state index contributed by atoms with van der Waals surface area (Å²) in [6.07, 6.45) is 4.70. The number of aromatic nitrogens is 5. The number of rotatable bonds is 6. The van der Waals surface area contributed by atoms with Gasteiger partial charge in [0.15, 0.2) is 0 Å². The van der Waals surface area contributed by atoms with Gasteiger partial charge in [0.05, 0.1) is 6.54 Å². The Bertz CT molecular complexity index is 1010. The highest BCUT2D eigenvalue weighted by atomic mass is 16.5. The molecule has 0 aliphatic rings. The zero-order chi connectivity index (χ0) is 18.5. The lowest BCUT2D eigenvalue weighted by molar-refractivity contribution is -0.131. The van der Waals surface area contributed by atoms with Crippen LogP contribution in [0.2, 0.25) is 0 Å². The molecule has 0 aliphatic carbocycles. The summed E-state index contributed by atoms with van der Waals surface area (Å²) >= 11 is 0. The molecule has 0 bridgehead atoms. The van der Waals surface area contributed by atoms with E-state index in [-0.39, 0.29) is 25.4 Å². The Balaban J connectivity index is 1.58. The van der Waals surface area contributed by atoms with Crippen molar-refractivity contribution in [3.05, 3.63) is 63.5 Å². The van der Waals surface area contributed by atoms with E-state index in [2.05, 4.69) is 20.1 Å². The first-order chi connectivity index (χ1) is 12.5. The number of carbonyl (C=O) groups is 1. The molecule has 3 aromatic rings. The van der Waals surface area contributed by atoms with E-state index >= 15 is 0 Å². The Kier molecular flexibility index (Phi) is 5.02. The minimum absolute atomic E-state index is 0.0893. The summed E-state index contributed by atoms with van der Waals surface area (Å²) in [4.78, 5) is 46.6. The van der Waals surface area contributed by atoms with E-state index in [0.29, 0.717) is 17.3 Å². The molecule has 0 aliphatic heterocycles. The fraction of sp³-hybridized carbons (Fsp3) is 0.250. The third kappa shape index (κ3) is 4.09. The molecular formula is C16H16N6O4. The highest BCUT2D eigenvalue weighted by Gasteiger charge is 2.15. The van der Waals surface area contributed by atoms with Crippen molar-refractivity contribution in [2.45, 2.75) is 19.5 Å². The van der Waals surface area contributed by atoms with Crippen LogP contribution in [0.15, 0.2) is 50.9 Å². The van der Waals surface area contributed by atoms with Gasteiger partial charge in [0.2, 0.25) is 17.6 Å². The number of aromatic amines is 1. The molecule has 0 spiro atoms. The first kappa shape index (κ1) is 17.3. The average Bonchev–Trinajstić information content (AvgIpc) is 3.10. The summed E-state index contributed by atoms with van der Waals surface area (Å²) in [7, 11) is 1.60. The third-order valence-electron chi connectivity index (χ3n) is 3.65. The van der Waals surface area contributed by atoms with E-state index < -0.39 is 11.2 Å². The van der Waals surface area contributed by atoms with Crippen LogP contribution in [-0.4, -0.2) is 42.5 Å². The molecule has 1 amide bonds. The lowest BCUT2D eigenvalue weighted by atomic mass is 10.3. The second-order valence-electron chi connectivity index (χ2n) is 5.56. The summed E-state index contributed by atoms with van der Waals surface area (Å²) in [6.45, 7) is 0.302. The molecule has 3 heterocycles. The van der Waals surface area contributed by atoms with Crippen molar-refractivity contribution < 1.29 is 9.32 Å². The second-order valence-corrected chi connectivity index (χ2v) is 5.56. The van der Waals surface area contributed by atoms with E-state index in [0.717, 1.165) is 0 Å². The Morgan fingerprint density at radius 3 is 2.92 bits per heavy atom. The summed E-state index contributed by atoms with van der Waals surface area (Å²) in [6, 6.07) is 4.80. The number of H-pyrrole nitrogens is 1. The Morgan fingerprint density at radius 1 is 1.35 bits per heavy atom. The Morgan fingerprint density at radius 2 is 2.19 bits per heavy atom. The normalized spacial score (nSPS) is 10.7. The maximum Gasteiger partial charge on any atom is 0.328 e. The zero-order valence-electron chi connectivity index (χ0n) is 14.0. The molecule has 0 saturated heterocycles. The van der Waals surface area contributed by atoms with Gasteiger partial charge < -0.3 is 14.0 Å². The SMILES string of the molecule is CN(Cc1nc(-c2cccnc2)no1)C(=O)CCn1ccc(=O)[nH]c1=O. The van der Waals surface area contributed by atoms with Crippen LogP contribution < -0.4 is 11.2 Å². The van der Waals surface area contributed by atoms with Gasteiger partial charge >= 0.3 is 5.69 Å². The summed E-state index contributed by atoms with van der Waals surface area (Å²) in [5.74, 6) is 0.485. The summed E-state index contributed by atoms with van der Waals surface area (Å²) < 4.78 is 6.42. The quantitative estimate of drug-likeness (QED) is 0.660. The van der Waals surface area contributed by atoms with Crippen LogP contribution >= 0.6 is 0 Å². The number of hydrogen-bond donors (Lipinski definition) is 1. The van der Waals surface area contributed by atoms with Crippen LogP contribution in [0, 0.1) is 0 Å². The minimum atomic E-state index is -0.550. The maximum atomic E-state index is 12.2. The predicted octanol–water partition coefficient (Wildman–Crippen LogP) is 0.0303. The first-order valence-corrected chi connectivity index (χ1v) is 7.79. The van der Waals surface area contributed by atoms with E-state index in [9.17, 15) is 14.4 Å². The second kappa shape index (κ2) is 7.55. The Hall–Kier alpha value is -3.56. The van der Waals surface area contributed by atoms with Gasteiger partial charge in [0, 0.05) is 50.2 Å². The monoisotopic (exact) mass is 356 g/mol. The van der Waals surface area contributed by atoms with Crippen molar-refractivity contribution in [1.29, 1.82) is 0 Å². The van der Waals surface area contributed by atoms with Gasteiger partial charge in [-0.05, 0) is 12.1 Å². The van der Waals surface area contributed by atoms with E-state index in [1.807, 2.05) is 0 Å². The van der Waals surface area contributed by atoms with Crippen molar-refractivity contribution in [2.75, 3.05) is 7.05 Å². The third-order valence-corrected chi connectivity index (χ3v) is 3.65. The van der Waals surface area contributed by atoms with Gasteiger partial charge in [-0.25, -0.2) is 4.79 Å². The van der Waals surface area contributed by atoms with Crippen molar-refractivity contribution >= 4 is 5.91 Å². The lowest BCUT2D eigenvalue weighted by Crippen LogP contribution is -2.32. The zero-order valence-corrected chi connectivity index (χ0v) is 14.0. The number of aryl methyl sites for hydroxylation is 1. The minimum Gasteiger partial charge on any atom is -0.337 e. The molecule has 26 heavy (non-hydrogen) atoms. The predicted molar refractivity (Wildman–Crippen MR) is 89.9 cm³/mol. The van der Waals surface area contributed by atoms with Crippen LogP contribution in [-0.2, 0) is 17.9 Å². The highest BCUT2D eigenvalue weighted by Crippen LogP contribution is 2.14. The van der Waals surface area contributed by atoms with Gasteiger partial charge in [0.25, 0.3) is 5.56 Å². The fourth-order valence-corrected chi connectivity index (χ4v) is 2.25. The number of nitrogens with zero attached hydrogens (tertiary/aromatic N) is 5. The fourth-order valence-electron chi connectivity index (χ4n) is 2.25. The van der Waals surface area contributed by atoms with Gasteiger partial charge in [-0.1, -0.05) is 5.16 Å². The van der Waals surface area contributed by atoms with Crippen LogP contribution in [0.1, 0.15) is 12.3 Å². The van der Waals surface area contributed by atoms with Gasteiger partial charge in [-0.3, -0.25) is 19.6 Å². The first-order valence-electron chi connectivity index (χ1n) is 7.79. The Labute approximate surface area is 147 Å². The molecular weight excluding hydrogens is 340 g/mol. The molecule has 0 atom stereocenters. The van der Waals surface area contributed by atoms with Gasteiger partial charge in [0.1, 0.15) is 0 Å². The van der Waals surface area contributed by atoms with Crippen LogP contribution in [0.4, 0.5) is 0 Å². The van der Waals surface area contributed by atoms with Gasteiger partial charge in [-0.2, -0.15) is 4.98 Å². The molecule has 3 aromatic heterocycles. The summed E-state index contributed by atoms with van der Waals surface area (Å²) in [5, 5.41) is 3.87. The molecule has 0 fully saturated rings. The van der Waals surface area contributed by atoms with E-state index in [4.69, 9.17) is 4.52 Å². The molecule has 10 heteroatoms.